The number of fused-ring (bicyclic) bond motifs is 4. The monoisotopic (exact) mass is 532 g/mol. The summed E-state index contributed by atoms with van der Waals surface area (Å²) in [5.41, 5.74) is -3.99. The van der Waals surface area contributed by atoms with Gasteiger partial charge in [-0.05, 0) is 60.8 Å². The summed E-state index contributed by atoms with van der Waals surface area (Å²) in [6.45, 7) is 12.5. The fourth-order valence-electron chi connectivity index (χ4n) is 9.16. The Labute approximate surface area is 224 Å². The summed E-state index contributed by atoms with van der Waals surface area (Å²) in [4.78, 5) is 52.0. The third kappa shape index (κ3) is 3.80. The summed E-state index contributed by atoms with van der Waals surface area (Å²) in [5.74, 6) is -3.56. The van der Waals surface area contributed by atoms with Crippen molar-refractivity contribution in [3.63, 3.8) is 0 Å². The van der Waals surface area contributed by atoms with Gasteiger partial charge in [-0.15, -0.1) is 0 Å². The van der Waals surface area contributed by atoms with Crippen LogP contribution >= 0.6 is 0 Å². The van der Waals surface area contributed by atoms with E-state index in [-0.39, 0.29) is 43.2 Å². The Hall–Kier alpha value is -1.90. The van der Waals surface area contributed by atoms with Gasteiger partial charge in [0.25, 0.3) is 0 Å². The van der Waals surface area contributed by atoms with Crippen LogP contribution in [0.2, 0.25) is 0 Å². The van der Waals surface area contributed by atoms with Crippen LogP contribution in [0.1, 0.15) is 93.4 Å². The number of ketones is 3. The number of carbonyl (C=O) groups excluding carboxylic acids is 3. The van der Waals surface area contributed by atoms with Gasteiger partial charge in [0.2, 0.25) is 0 Å². The molecule has 0 aromatic heterocycles. The smallest absolute Gasteiger partial charge is 0.306 e. The molecule has 0 aromatic carbocycles. The van der Waals surface area contributed by atoms with Gasteiger partial charge in [-0.2, -0.15) is 0 Å². The molecule has 2 unspecified atom stereocenters. The number of carboxylic acid groups (broad SMARTS) is 1. The predicted octanol–water partition coefficient (Wildman–Crippen LogP) is 3.25. The van der Waals surface area contributed by atoms with E-state index in [0.717, 1.165) is 0 Å². The molecule has 0 spiro atoms. The molecule has 0 aliphatic heterocycles. The van der Waals surface area contributed by atoms with Gasteiger partial charge in [-0.3, -0.25) is 19.2 Å². The molecular weight excluding hydrogens is 488 g/mol. The van der Waals surface area contributed by atoms with E-state index >= 15 is 0 Å². The minimum atomic E-state index is -1.64. The van der Waals surface area contributed by atoms with Gasteiger partial charge in [0, 0.05) is 37.2 Å². The van der Waals surface area contributed by atoms with E-state index in [9.17, 15) is 39.6 Å². The zero-order valence-corrected chi connectivity index (χ0v) is 23.8. The second kappa shape index (κ2) is 8.80. The van der Waals surface area contributed by atoms with Crippen molar-refractivity contribution >= 4 is 23.3 Å². The van der Waals surface area contributed by atoms with Crippen molar-refractivity contribution in [3.05, 3.63) is 11.1 Å². The number of aliphatic hydroxyl groups is 3. The van der Waals surface area contributed by atoms with E-state index < -0.39 is 63.1 Å². The maximum Gasteiger partial charge on any atom is 0.306 e. The lowest BCUT2D eigenvalue weighted by atomic mass is 9.42. The molecule has 4 aliphatic carbocycles. The van der Waals surface area contributed by atoms with Crippen molar-refractivity contribution in [2.24, 2.45) is 39.4 Å². The number of aliphatic carboxylic acids is 1. The fourth-order valence-corrected chi connectivity index (χ4v) is 9.16. The van der Waals surface area contributed by atoms with Crippen molar-refractivity contribution in [2.75, 3.05) is 0 Å². The molecule has 0 bridgehead atoms. The van der Waals surface area contributed by atoms with Gasteiger partial charge in [-0.1, -0.05) is 34.6 Å². The SMILES string of the molecule is CC(CC(=O)CC(C)(O)[C@H]1CC(=O)[C@@]2(C)C3=C(C(=O)C[C@]12C)[C@@]1(C)CC[C@H](O)C(C)(C)[C@@H]1C[C@@H]3O)C(=O)O. The first-order valence-electron chi connectivity index (χ1n) is 13.9. The van der Waals surface area contributed by atoms with Crippen molar-refractivity contribution in [3.8, 4) is 0 Å². The maximum atomic E-state index is 14.1. The summed E-state index contributed by atoms with van der Waals surface area (Å²) >= 11 is 0. The number of aliphatic hydroxyl groups excluding tert-OH is 2. The van der Waals surface area contributed by atoms with Crippen molar-refractivity contribution in [1.82, 2.24) is 0 Å². The predicted molar refractivity (Wildman–Crippen MR) is 139 cm³/mol. The van der Waals surface area contributed by atoms with Gasteiger partial charge in [0.1, 0.15) is 11.6 Å². The third-order valence-corrected chi connectivity index (χ3v) is 11.6. The van der Waals surface area contributed by atoms with Crippen LogP contribution in [0.4, 0.5) is 0 Å². The van der Waals surface area contributed by atoms with E-state index in [2.05, 4.69) is 0 Å². The largest absolute Gasteiger partial charge is 0.481 e. The number of carboxylic acids is 1. The molecule has 212 valence electrons. The molecule has 2 fully saturated rings. The molecule has 8 nitrogen and oxygen atoms in total. The summed E-state index contributed by atoms with van der Waals surface area (Å²) in [6, 6.07) is 0. The average Bonchev–Trinajstić information content (AvgIpc) is 2.99. The molecule has 0 heterocycles. The van der Waals surface area contributed by atoms with Crippen LogP contribution in [0.5, 0.6) is 0 Å². The number of rotatable bonds is 6. The number of hydrogen-bond acceptors (Lipinski definition) is 7. The van der Waals surface area contributed by atoms with Crippen LogP contribution in [-0.2, 0) is 19.2 Å². The van der Waals surface area contributed by atoms with Crippen LogP contribution in [0.3, 0.4) is 0 Å². The Kier molecular flexibility index (Phi) is 6.74. The van der Waals surface area contributed by atoms with Crippen LogP contribution in [0.25, 0.3) is 0 Å². The molecular formula is C30H44O8. The highest BCUT2D eigenvalue weighted by atomic mass is 16.4. The van der Waals surface area contributed by atoms with Gasteiger partial charge in [0.05, 0.1) is 29.1 Å². The van der Waals surface area contributed by atoms with E-state index in [1.807, 2.05) is 27.7 Å². The number of hydrogen-bond donors (Lipinski definition) is 4. The summed E-state index contributed by atoms with van der Waals surface area (Å²) in [6.07, 6.45) is -0.727. The van der Waals surface area contributed by atoms with Crippen molar-refractivity contribution in [1.29, 1.82) is 0 Å². The second-order valence-electron chi connectivity index (χ2n) is 14.2. The van der Waals surface area contributed by atoms with E-state index in [0.29, 0.717) is 30.4 Å². The first kappa shape index (κ1) is 29.1. The van der Waals surface area contributed by atoms with E-state index in [1.165, 1.54) is 13.8 Å². The normalized spacial score (nSPS) is 42.6. The standard InChI is InChI=1S/C30H44O8/c1-15(25(36)37)10-16(31)13-29(6,38)20-12-22(35)30(7)24-17(32)11-19-26(2,3)21(34)8-9-27(19,4)23(24)18(33)14-28(20,30)5/h15,17,19-21,32,34,38H,8-14H2,1-7H3,(H,36,37)/t15?,17-,19-,20-,21-,27-,28+,29?,30-/m0/s1. The average molecular weight is 533 g/mol. The summed E-state index contributed by atoms with van der Waals surface area (Å²) < 4.78 is 0. The Balaban J connectivity index is 1.78. The quantitative estimate of drug-likeness (QED) is 0.407. The zero-order valence-electron chi connectivity index (χ0n) is 23.8. The highest BCUT2D eigenvalue weighted by molar-refractivity contribution is 6.05. The minimum absolute atomic E-state index is 0.00657. The zero-order chi connectivity index (χ0) is 28.8. The van der Waals surface area contributed by atoms with Gasteiger partial charge in [-0.25, -0.2) is 0 Å². The first-order chi connectivity index (χ1) is 17.2. The summed E-state index contributed by atoms with van der Waals surface area (Å²) in [7, 11) is 0. The van der Waals surface area contributed by atoms with Crippen LogP contribution in [0.15, 0.2) is 11.1 Å². The second-order valence-corrected chi connectivity index (χ2v) is 14.2. The lowest BCUT2D eigenvalue weighted by Gasteiger charge is -2.62. The van der Waals surface area contributed by atoms with Crippen LogP contribution in [0, 0.1) is 39.4 Å². The van der Waals surface area contributed by atoms with Gasteiger partial charge in [0.15, 0.2) is 5.78 Å². The molecule has 38 heavy (non-hydrogen) atoms. The van der Waals surface area contributed by atoms with E-state index in [4.69, 9.17) is 0 Å². The van der Waals surface area contributed by atoms with Gasteiger partial charge >= 0.3 is 5.97 Å². The molecule has 0 radical (unpaired) electrons. The Bertz CT molecular complexity index is 1120. The van der Waals surface area contributed by atoms with Crippen molar-refractivity contribution < 1.29 is 39.6 Å². The lowest BCUT2D eigenvalue weighted by molar-refractivity contribution is -0.148. The number of allylic oxidation sites excluding steroid dienone is 1. The molecule has 0 aromatic rings. The highest BCUT2D eigenvalue weighted by Gasteiger charge is 2.71. The highest BCUT2D eigenvalue weighted by Crippen LogP contribution is 2.71. The summed E-state index contributed by atoms with van der Waals surface area (Å²) in [5, 5.41) is 43.2. The Morgan fingerprint density at radius 3 is 2.29 bits per heavy atom. The lowest BCUT2D eigenvalue weighted by Crippen LogP contribution is -2.61. The molecule has 2 saturated carbocycles. The Morgan fingerprint density at radius 1 is 1.11 bits per heavy atom. The maximum absolute atomic E-state index is 14.1. The molecule has 0 amide bonds. The molecule has 8 heteroatoms. The molecule has 4 N–H and O–H groups in total. The topological polar surface area (TPSA) is 149 Å². The molecule has 4 rings (SSSR count). The van der Waals surface area contributed by atoms with Crippen LogP contribution < -0.4 is 0 Å². The number of Topliss-reactive ketones (excluding diaryl/α,β-unsaturated/α-hetero) is 3. The van der Waals surface area contributed by atoms with E-state index in [1.54, 1.807) is 6.92 Å². The third-order valence-electron chi connectivity index (χ3n) is 11.6. The molecule has 0 saturated heterocycles. The first-order valence-corrected chi connectivity index (χ1v) is 13.9. The van der Waals surface area contributed by atoms with Crippen LogP contribution in [-0.4, -0.2) is 61.6 Å². The fraction of sp³-hybridized carbons (Fsp3) is 0.800. The molecule has 4 aliphatic rings. The van der Waals surface area contributed by atoms with Crippen molar-refractivity contribution in [2.45, 2.75) is 111 Å². The van der Waals surface area contributed by atoms with Gasteiger partial charge < -0.3 is 20.4 Å². The number of carbonyl (C=O) groups is 4. The Morgan fingerprint density at radius 2 is 1.71 bits per heavy atom. The molecule has 9 atom stereocenters. The minimum Gasteiger partial charge on any atom is -0.481 e.